The quantitative estimate of drug-likeness (QED) is 0.626. The van der Waals surface area contributed by atoms with E-state index in [1.54, 1.807) is 19.1 Å². The van der Waals surface area contributed by atoms with Gasteiger partial charge in [0.2, 0.25) is 0 Å². The summed E-state index contributed by atoms with van der Waals surface area (Å²) in [6.07, 6.45) is 5.30. The number of rotatable bonds is 5. The van der Waals surface area contributed by atoms with Gasteiger partial charge >= 0.3 is 0 Å². The molecule has 0 radical (unpaired) electrons. The van der Waals surface area contributed by atoms with Crippen LogP contribution >= 0.6 is 0 Å². The van der Waals surface area contributed by atoms with Crippen LogP contribution in [0.25, 0.3) is 0 Å². The van der Waals surface area contributed by atoms with Crippen LogP contribution in [-0.2, 0) is 0 Å². The fourth-order valence-corrected chi connectivity index (χ4v) is 2.17. The normalized spacial score (nSPS) is 15.4. The van der Waals surface area contributed by atoms with Crippen LogP contribution in [-0.4, -0.2) is 11.5 Å². The minimum Gasteiger partial charge on any atom is -0.385 e. The molecule has 1 saturated carbocycles. The monoisotopic (exact) mass is 234 g/mol. The molecule has 17 heavy (non-hydrogen) atoms. The molecule has 4 nitrogen and oxygen atoms in total. The van der Waals surface area contributed by atoms with E-state index in [1.807, 2.05) is 6.07 Å². The average molecular weight is 234 g/mol. The molecule has 1 fully saturated rings. The predicted octanol–water partition coefficient (Wildman–Crippen LogP) is 3.51. The fraction of sp³-hybridized carbons (Fsp3) is 0.538. The van der Waals surface area contributed by atoms with Crippen molar-refractivity contribution in [2.45, 2.75) is 32.6 Å². The van der Waals surface area contributed by atoms with Crippen molar-refractivity contribution in [1.29, 1.82) is 0 Å². The minimum atomic E-state index is -0.340. The number of nitro groups is 1. The summed E-state index contributed by atoms with van der Waals surface area (Å²) in [6, 6.07) is 5.20. The van der Waals surface area contributed by atoms with Crippen molar-refractivity contribution in [3.8, 4) is 0 Å². The second-order valence-electron chi connectivity index (χ2n) is 4.77. The summed E-state index contributed by atoms with van der Waals surface area (Å²) in [5, 5.41) is 14.0. The van der Waals surface area contributed by atoms with Crippen LogP contribution in [0.4, 0.5) is 11.4 Å². The zero-order valence-corrected chi connectivity index (χ0v) is 10.1. The topological polar surface area (TPSA) is 55.2 Å². The van der Waals surface area contributed by atoms with Crippen LogP contribution in [0.5, 0.6) is 0 Å². The number of anilines is 1. The van der Waals surface area contributed by atoms with E-state index >= 15 is 0 Å². The van der Waals surface area contributed by atoms with Gasteiger partial charge in [-0.15, -0.1) is 0 Å². The number of benzene rings is 1. The molecule has 0 saturated heterocycles. The smallest absolute Gasteiger partial charge is 0.272 e. The highest BCUT2D eigenvalue weighted by atomic mass is 16.6. The maximum absolute atomic E-state index is 10.7. The Labute approximate surface area is 101 Å². The molecule has 0 heterocycles. The first-order valence-electron chi connectivity index (χ1n) is 6.16. The number of hydrogen-bond donors (Lipinski definition) is 1. The molecule has 0 aromatic heterocycles. The standard InChI is InChI=1S/C13H18N2O2/c1-10-9-12(5-6-13(10)15(16)17)14-8-7-11-3-2-4-11/h5-6,9,11,14H,2-4,7-8H2,1H3. The van der Waals surface area contributed by atoms with Gasteiger partial charge in [0, 0.05) is 23.9 Å². The zero-order chi connectivity index (χ0) is 12.3. The minimum absolute atomic E-state index is 0.189. The van der Waals surface area contributed by atoms with Crippen LogP contribution in [0, 0.1) is 23.0 Å². The van der Waals surface area contributed by atoms with Gasteiger partial charge in [0.1, 0.15) is 0 Å². The van der Waals surface area contributed by atoms with Crippen molar-refractivity contribution in [1.82, 2.24) is 0 Å². The number of nitrogens with zero attached hydrogens (tertiary/aromatic N) is 1. The van der Waals surface area contributed by atoms with E-state index in [0.29, 0.717) is 5.56 Å². The van der Waals surface area contributed by atoms with Crippen molar-refractivity contribution < 1.29 is 4.92 Å². The Hall–Kier alpha value is -1.58. The van der Waals surface area contributed by atoms with E-state index in [-0.39, 0.29) is 10.6 Å². The van der Waals surface area contributed by atoms with Gasteiger partial charge in [0.25, 0.3) is 5.69 Å². The van der Waals surface area contributed by atoms with E-state index in [4.69, 9.17) is 0 Å². The number of nitro benzene ring substituents is 1. The summed E-state index contributed by atoms with van der Waals surface area (Å²) in [5.41, 5.74) is 1.88. The summed E-state index contributed by atoms with van der Waals surface area (Å²) < 4.78 is 0. The molecule has 1 aliphatic carbocycles. The van der Waals surface area contributed by atoms with Gasteiger partial charge in [-0.25, -0.2) is 0 Å². The first-order valence-corrected chi connectivity index (χ1v) is 6.16. The molecule has 1 N–H and O–H groups in total. The third-order valence-electron chi connectivity index (χ3n) is 3.50. The Morgan fingerprint density at radius 3 is 2.76 bits per heavy atom. The van der Waals surface area contributed by atoms with E-state index in [1.165, 1.54) is 25.7 Å². The highest BCUT2D eigenvalue weighted by Gasteiger charge is 2.16. The lowest BCUT2D eigenvalue weighted by atomic mass is 9.83. The third kappa shape index (κ3) is 2.96. The Kier molecular flexibility index (Phi) is 3.61. The molecule has 1 aromatic carbocycles. The first kappa shape index (κ1) is 11.9. The molecular weight excluding hydrogens is 216 g/mol. The lowest BCUT2D eigenvalue weighted by Crippen LogP contribution is -2.15. The van der Waals surface area contributed by atoms with Gasteiger partial charge in [-0.05, 0) is 31.4 Å². The molecule has 0 aliphatic heterocycles. The maximum Gasteiger partial charge on any atom is 0.272 e. The highest BCUT2D eigenvalue weighted by Crippen LogP contribution is 2.29. The molecule has 0 bridgehead atoms. The Morgan fingerprint density at radius 2 is 2.24 bits per heavy atom. The molecular formula is C13H18N2O2. The molecule has 0 unspecified atom stereocenters. The Morgan fingerprint density at radius 1 is 1.47 bits per heavy atom. The lowest BCUT2D eigenvalue weighted by molar-refractivity contribution is -0.385. The maximum atomic E-state index is 10.7. The van der Waals surface area contributed by atoms with E-state index < -0.39 is 0 Å². The molecule has 1 aromatic rings. The second-order valence-corrected chi connectivity index (χ2v) is 4.77. The SMILES string of the molecule is Cc1cc(NCCC2CCC2)ccc1[N+](=O)[O-]. The van der Waals surface area contributed by atoms with Gasteiger partial charge in [0.15, 0.2) is 0 Å². The molecule has 0 spiro atoms. The number of hydrogen-bond acceptors (Lipinski definition) is 3. The fourth-order valence-electron chi connectivity index (χ4n) is 2.17. The predicted molar refractivity (Wildman–Crippen MR) is 68.3 cm³/mol. The largest absolute Gasteiger partial charge is 0.385 e. The Balaban J connectivity index is 1.88. The Bertz CT molecular complexity index is 414. The van der Waals surface area contributed by atoms with Crippen LogP contribution in [0.2, 0.25) is 0 Å². The molecule has 4 heteroatoms. The summed E-state index contributed by atoms with van der Waals surface area (Å²) in [5.74, 6) is 0.890. The van der Waals surface area contributed by atoms with Gasteiger partial charge in [-0.2, -0.15) is 0 Å². The van der Waals surface area contributed by atoms with Crippen LogP contribution in [0.3, 0.4) is 0 Å². The molecule has 0 amide bonds. The summed E-state index contributed by atoms with van der Waals surface area (Å²) >= 11 is 0. The van der Waals surface area contributed by atoms with Crippen molar-refractivity contribution >= 4 is 11.4 Å². The summed E-state index contributed by atoms with van der Waals surface area (Å²) in [6.45, 7) is 2.73. The molecule has 92 valence electrons. The number of aryl methyl sites for hydroxylation is 1. The second kappa shape index (κ2) is 5.17. The van der Waals surface area contributed by atoms with E-state index in [9.17, 15) is 10.1 Å². The van der Waals surface area contributed by atoms with Gasteiger partial charge in [-0.1, -0.05) is 19.3 Å². The molecule has 1 aliphatic rings. The van der Waals surface area contributed by atoms with Crippen molar-refractivity contribution in [2.75, 3.05) is 11.9 Å². The van der Waals surface area contributed by atoms with Gasteiger partial charge in [-0.3, -0.25) is 10.1 Å². The van der Waals surface area contributed by atoms with E-state index in [2.05, 4.69) is 5.32 Å². The lowest BCUT2D eigenvalue weighted by Gasteiger charge is -2.25. The van der Waals surface area contributed by atoms with Crippen molar-refractivity contribution in [2.24, 2.45) is 5.92 Å². The van der Waals surface area contributed by atoms with Crippen molar-refractivity contribution in [3.63, 3.8) is 0 Å². The van der Waals surface area contributed by atoms with Gasteiger partial charge < -0.3 is 5.32 Å². The first-order chi connectivity index (χ1) is 8.16. The average Bonchev–Trinajstić information content (AvgIpc) is 2.21. The van der Waals surface area contributed by atoms with Crippen LogP contribution < -0.4 is 5.32 Å². The third-order valence-corrected chi connectivity index (χ3v) is 3.50. The number of nitrogens with one attached hydrogen (secondary N) is 1. The van der Waals surface area contributed by atoms with Crippen LogP contribution in [0.15, 0.2) is 18.2 Å². The van der Waals surface area contributed by atoms with Crippen molar-refractivity contribution in [3.05, 3.63) is 33.9 Å². The van der Waals surface area contributed by atoms with Gasteiger partial charge in [0.05, 0.1) is 4.92 Å². The zero-order valence-electron chi connectivity index (χ0n) is 10.1. The highest BCUT2D eigenvalue weighted by molar-refractivity contribution is 5.53. The molecule has 0 atom stereocenters. The summed E-state index contributed by atoms with van der Waals surface area (Å²) in [4.78, 5) is 10.3. The van der Waals surface area contributed by atoms with E-state index in [0.717, 1.165) is 18.2 Å². The molecule has 2 rings (SSSR count). The van der Waals surface area contributed by atoms with Crippen LogP contribution in [0.1, 0.15) is 31.2 Å². The summed E-state index contributed by atoms with van der Waals surface area (Å²) in [7, 11) is 0.